The number of hydrogen-bond donors (Lipinski definition) is 1. The minimum atomic E-state index is 0.672. The second kappa shape index (κ2) is 7.93. The predicted molar refractivity (Wildman–Crippen MR) is 92.1 cm³/mol. The van der Waals surface area contributed by atoms with Crippen molar-refractivity contribution in [2.75, 3.05) is 27.4 Å². The first-order valence-corrected chi connectivity index (χ1v) is 8.11. The molecule has 0 amide bonds. The van der Waals surface area contributed by atoms with Gasteiger partial charge in [0.1, 0.15) is 0 Å². The molecule has 2 aromatic rings. The maximum atomic E-state index is 5.85. The Morgan fingerprint density at radius 1 is 0.917 bits per heavy atom. The Balaban J connectivity index is 1.69. The Bertz CT molecular complexity index is 687. The van der Waals surface area contributed by atoms with Crippen molar-refractivity contribution in [3.05, 3.63) is 47.5 Å². The zero-order valence-electron chi connectivity index (χ0n) is 14.1. The third-order valence-electron chi connectivity index (χ3n) is 3.97. The van der Waals surface area contributed by atoms with Gasteiger partial charge in [0.25, 0.3) is 0 Å². The molecule has 128 valence electrons. The Morgan fingerprint density at radius 2 is 1.67 bits per heavy atom. The van der Waals surface area contributed by atoms with Gasteiger partial charge in [-0.3, -0.25) is 0 Å². The fourth-order valence-electron chi connectivity index (χ4n) is 2.82. The highest BCUT2D eigenvalue weighted by atomic mass is 16.5. The lowest BCUT2D eigenvalue weighted by atomic mass is 10.1. The average Bonchev–Trinajstić information content (AvgIpc) is 2.87. The van der Waals surface area contributed by atoms with E-state index in [0.29, 0.717) is 26.3 Å². The molecule has 5 nitrogen and oxygen atoms in total. The minimum absolute atomic E-state index is 0.672. The molecule has 5 heteroatoms. The Labute approximate surface area is 142 Å². The van der Waals surface area contributed by atoms with E-state index in [4.69, 9.17) is 18.9 Å². The topological polar surface area (TPSA) is 49.0 Å². The van der Waals surface area contributed by atoms with Gasteiger partial charge >= 0.3 is 0 Å². The molecule has 1 aliphatic heterocycles. The van der Waals surface area contributed by atoms with Gasteiger partial charge in [0.05, 0.1) is 27.4 Å². The highest BCUT2D eigenvalue weighted by molar-refractivity contribution is 5.48. The van der Waals surface area contributed by atoms with Crippen molar-refractivity contribution in [1.29, 1.82) is 0 Å². The first-order valence-electron chi connectivity index (χ1n) is 8.11. The number of ether oxygens (including phenoxy) is 4. The van der Waals surface area contributed by atoms with E-state index in [9.17, 15) is 0 Å². The molecular formula is C19H23NO4. The molecule has 0 bridgehead atoms. The van der Waals surface area contributed by atoms with Gasteiger partial charge in [-0.15, -0.1) is 0 Å². The average molecular weight is 329 g/mol. The van der Waals surface area contributed by atoms with E-state index >= 15 is 0 Å². The van der Waals surface area contributed by atoms with Crippen molar-refractivity contribution >= 4 is 0 Å². The maximum absolute atomic E-state index is 5.85. The standard InChI is InChI=1S/C19H23NO4/c1-21-16-8-3-6-14(18(16)22-2)12-20-13-15-7-4-9-17-19(15)24-11-5-10-23-17/h3-4,6-9,20H,5,10-13H2,1-2H3. The molecule has 0 saturated heterocycles. The van der Waals surface area contributed by atoms with Crippen molar-refractivity contribution in [1.82, 2.24) is 5.32 Å². The van der Waals surface area contributed by atoms with Gasteiger partial charge in [-0.25, -0.2) is 0 Å². The summed E-state index contributed by atoms with van der Waals surface area (Å²) in [4.78, 5) is 0. The van der Waals surface area contributed by atoms with Crippen molar-refractivity contribution < 1.29 is 18.9 Å². The number of fused-ring (bicyclic) bond motifs is 1. The molecule has 0 saturated carbocycles. The normalized spacial score (nSPS) is 13.2. The summed E-state index contributed by atoms with van der Waals surface area (Å²) in [5.74, 6) is 3.17. The first-order chi connectivity index (χ1) is 11.8. The Morgan fingerprint density at radius 3 is 2.50 bits per heavy atom. The Kier molecular flexibility index (Phi) is 5.43. The number of hydrogen-bond acceptors (Lipinski definition) is 5. The molecule has 0 aromatic heterocycles. The molecule has 0 aliphatic carbocycles. The highest BCUT2D eigenvalue weighted by Crippen LogP contribution is 2.34. The van der Waals surface area contributed by atoms with Crippen LogP contribution in [0.2, 0.25) is 0 Å². The van der Waals surface area contributed by atoms with E-state index in [1.54, 1.807) is 14.2 Å². The fraction of sp³-hybridized carbons (Fsp3) is 0.368. The van der Waals surface area contributed by atoms with Crippen LogP contribution in [-0.2, 0) is 13.1 Å². The van der Waals surface area contributed by atoms with Gasteiger partial charge in [-0.1, -0.05) is 24.3 Å². The van der Waals surface area contributed by atoms with Gasteiger partial charge in [-0.05, 0) is 12.1 Å². The highest BCUT2D eigenvalue weighted by Gasteiger charge is 2.14. The van der Waals surface area contributed by atoms with Gasteiger partial charge in [0.2, 0.25) is 0 Å². The van der Waals surface area contributed by atoms with Crippen LogP contribution in [0, 0.1) is 0 Å². The second-order valence-electron chi connectivity index (χ2n) is 5.55. The van der Waals surface area contributed by atoms with Crippen LogP contribution >= 0.6 is 0 Å². The number of para-hydroxylation sites is 2. The van der Waals surface area contributed by atoms with E-state index in [-0.39, 0.29) is 0 Å². The van der Waals surface area contributed by atoms with Crippen LogP contribution < -0.4 is 24.3 Å². The smallest absolute Gasteiger partial charge is 0.165 e. The zero-order valence-corrected chi connectivity index (χ0v) is 14.1. The van der Waals surface area contributed by atoms with E-state index in [2.05, 4.69) is 11.4 Å². The lowest BCUT2D eigenvalue weighted by Gasteiger charge is -2.15. The summed E-state index contributed by atoms with van der Waals surface area (Å²) < 4.78 is 22.4. The molecule has 1 heterocycles. The lowest BCUT2D eigenvalue weighted by molar-refractivity contribution is 0.296. The molecule has 2 aromatic carbocycles. The van der Waals surface area contributed by atoms with E-state index in [1.807, 2.05) is 30.3 Å². The minimum Gasteiger partial charge on any atom is -0.493 e. The van der Waals surface area contributed by atoms with E-state index in [1.165, 1.54) is 0 Å². The predicted octanol–water partition coefficient (Wildman–Crippen LogP) is 3.15. The quantitative estimate of drug-likeness (QED) is 0.882. The molecule has 1 aliphatic rings. The summed E-state index contributed by atoms with van der Waals surface area (Å²) in [6.07, 6.45) is 0.905. The SMILES string of the molecule is COc1cccc(CNCc2cccc3c2OCCCO3)c1OC. The van der Waals surface area contributed by atoms with Crippen LogP contribution in [0.5, 0.6) is 23.0 Å². The van der Waals surface area contributed by atoms with Crippen molar-refractivity contribution in [2.45, 2.75) is 19.5 Å². The molecule has 3 rings (SSSR count). The third kappa shape index (κ3) is 3.57. The monoisotopic (exact) mass is 329 g/mol. The van der Waals surface area contributed by atoms with Crippen molar-refractivity contribution in [3.8, 4) is 23.0 Å². The van der Waals surface area contributed by atoms with Crippen molar-refractivity contribution in [2.24, 2.45) is 0 Å². The lowest BCUT2D eigenvalue weighted by Crippen LogP contribution is -2.14. The summed E-state index contributed by atoms with van der Waals surface area (Å²) in [5, 5.41) is 3.44. The second-order valence-corrected chi connectivity index (χ2v) is 5.55. The van der Waals surface area contributed by atoms with Crippen LogP contribution in [0.25, 0.3) is 0 Å². The molecule has 0 radical (unpaired) electrons. The number of benzene rings is 2. The number of rotatable bonds is 6. The van der Waals surface area contributed by atoms with Crippen LogP contribution in [0.15, 0.2) is 36.4 Å². The molecular weight excluding hydrogens is 306 g/mol. The van der Waals surface area contributed by atoms with Gasteiger partial charge in [0.15, 0.2) is 23.0 Å². The number of nitrogens with one attached hydrogen (secondary N) is 1. The summed E-state index contributed by atoms with van der Waals surface area (Å²) >= 11 is 0. The number of methoxy groups -OCH3 is 2. The van der Waals surface area contributed by atoms with Crippen LogP contribution in [0.1, 0.15) is 17.5 Å². The molecule has 1 N–H and O–H groups in total. The Hall–Kier alpha value is -2.40. The summed E-state index contributed by atoms with van der Waals surface area (Å²) in [6.45, 7) is 2.75. The van der Waals surface area contributed by atoms with Gasteiger partial charge in [0, 0.05) is 30.6 Å². The third-order valence-corrected chi connectivity index (χ3v) is 3.97. The molecule has 0 atom stereocenters. The maximum Gasteiger partial charge on any atom is 0.165 e. The van der Waals surface area contributed by atoms with E-state index in [0.717, 1.165) is 40.5 Å². The van der Waals surface area contributed by atoms with E-state index < -0.39 is 0 Å². The summed E-state index contributed by atoms with van der Waals surface area (Å²) in [7, 11) is 3.30. The molecule has 0 fully saturated rings. The van der Waals surface area contributed by atoms with Crippen LogP contribution in [0.3, 0.4) is 0 Å². The fourth-order valence-corrected chi connectivity index (χ4v) is 2.82. The molecule has 0 spiro atoms. The summed E-state index contributed by atoms with van der Waals surface area (Å²) in [5.41, 5.74) is 2.15. The van der Waals surface area contributed by atoms with Crippen LogP contribution in [0.4, 0.5) is 0 Å². The van der Waals surface area contributed by atoms with Gasteiger partial charge < -0.3 is 24.3 Å². The summed E-state index contributed by atoms with van der Waals surface area (Å²) in [6, 6.07) is 11.9. The largest absolute Gasteiger partial charge is 0.493 e. The zero-order chi connectivity index (χ0) is 16.8. The molecule has 0 unspecified atom stereocenters. The van der Waals surface area contributed by atoms with Crippen LogP contribution in [-0.4, -0.2) is 27.4 Å². The molecule has 24 heavy (non-hydrogen) atoms. The van der Waals surface area contributed by atoms with Gasteiger partial charge in [-0.2, -0.15) is 0 Å². The van der Waals surface area contributed by atoms with Crippen molar-refractivity contribution in [3.63, 3.8) is 0 Å². The first kappa shape index (κ1) is 16.5.